The van der Waals surface area contributed by atoms with Gasteiger partial charge in [0.1, 0.15) is 11.4 Å². The van der Waals surface area contributed by atoms with Gasteiger partial charge in [0.05, 0.1) is 6.10 Å². The van der Waals surface area contributed by atoms with Gasteiger partial charge in [-0.3, -0.25) is 0 Å². The minimum absolute atomic E-state index is 0.103. The van der Waals surface area contributed by atoms with Crippen molar-refractivity contribution < 1.29 is 9.84 Å². The van der Waals surface area contributed by atoms with Crippen LogP contribution in [0.25, 0.3) is 0 Å². The molecule has 2 nitrogen and oxygen atoms in total. The molecule has 1 heterocycles. The quantitative estimate of drug-likeness (QED) is 0.755. The lowest BCUT2D eigenvalue weighted by Crippen LogP contribution is -2.43. The molecule has 1 fully saturated rings. The minimum Gasteiger partial charge on any atom is -0.487 e. The second-order valence-electron chi connectivity index (χ2n) is 6.23. The molecular formula is C16H22O2. The predicted octanol–water partition coefficient (Wildman–Crippen LogP) is 3.76. The van der Waals surface area contributed by atoms with E-state index in [9.17, 15) is 5.11 Å². The molecule has 1 N–H and O–H groups in total. The standard InChI is InChI=1S/C16H22O2/c1-11-5-7-16(8-6-11)10-14(17)13-9-12(2)3-4-15(13)18-16/h3-4,9,11,14,17H,5-8,10H2,1-2H3. The zero-order chi connectivity index (χ0) is 12.8. The van der Waals surface area contributed by atoms with Crippen molar-refractivity contribution in [3.8, 4) is 5.75 Å². The number of hydrogen-bond acceptors (Lipinski definition) is 2. The van der Waals surface area contributed by atoms with Gasteiger partial charge in [0.2, 0.25) is 0 Å². The average Bonchev–Trinajstić information content (AvgIpc) is 2.35. The summed E-state index contributed by atoms with van der Waals surface area (Å²) in [4.78, 5) is 0. The number of ether oxygens (including phenoxy) is 1. The first-order valence-corrected chi connectivity index (χ1v) is 7.06. The molecule has 0 radical (unpaired) electrons. The molecule has 2 heteroatoms. The van der Waals surface area contributed by atoms with E-state index in [1.807, 2.05) is 6.07 Å². The zero-order valence-electron chi connectivity index (χ0n) is 11.3. The summed E-state index contributed by atoms with van der Waals surface area (Å²) in [7, 11) is 0. The maximum Gasteiger partial charge on any atom is 0.125 e. The van der Waals surface area contributed by atoms with E-state index in [4.69, 9.17) is 4.74 Å². The molecule has 1 atom stereocenters. The number of aliphatic hydroxyl groups excluding tert-OH is 1. The fourth-order valence-electron chi connectivity index (χ4n) is 3.35. The first-order valence-electron chi connectivity index (χ1n) is 7.06. The second kappa shape index (κ2) is 4.27. The Bertz CT molecular complexity index is 444. The molecule has 98 valence electrons. The van der Waals surface area contributed by atoms with Gasteiger partial charge in [-0.15, -0.1) is 0 Å². The van der Waals surface area contributed by atoms with Crippen LogP contribution < -0.4 is 4.74 Å². The molecule has 1 spiro atoms. The van der Waals surface area contributed by atoms with Crippen LogP contribution in [-0.4, -0.2) is 10.7 Å². The van der Waals surface area contributed by atoms with Gasteiger partial charge in [0.25, 0.3) is 0 Å². The van der Waals surface area contributed by atoms with Crippen LogP contribution in [0.5, 0.6) is 5.75 Å². The Morgan fingerprint density at radius 2 is 2.00 bits per heavy atom. The summed E-state index contributed by atoms with van der Waals surface area (Å²) >= 11 is 0. The molecular weight excluding hydrogens is 224 g/mol. The Hall–Kier alpha value is -1.02. The Balaban J connectivity index is 1.89. The van der Waals surface area contributed by atoms with Gasteiger partial charge < -0.3 is 9.84 Å². The lowest BCUT2D eigenvalue weighted by molar-refractivity contribution is -0.0454. The number of aryl methyl sites for hydroxylation is 1. The molecule has 1 aromatic carbocycles. The summed E-state index contributed by atoms with van der Waals surface area (Å²) < 4.78 is 6.27. The summed E-state index contributed by atoms with van der Waals surface area (Å²) in [5.41, 5.74) is 2.05. The van der Waals surface area contributed by atoms with Crippen LogP contribution in [-0.2, 0) is 0 Å². The summed E-state index contributed by atoms with van der Waals surface area (Å²) in [5.74, 6) is 1.70. The summed E-state index contributed by atoms with van der Waals surface area (Å²) in [6.07, 6.45) is 5.00. The highest BCUT2D eigenvalue weighted by atomic mass is 16.5. The van der Waals surface area contributed by atoms with Crippen LogP contribution in [0.1, 0.15) is 56.3 Å². The largest absolute Gasteiger partial charge is 0.487 e. The van der Waals surface area contributed by atoms with Crippen LogP contribution in [0, 0.1) is 12.8 Å². The van der Waals surface area contributed by atoms with Gasteiger partial charge in [-0.05, 0) is 50.7 Å². The van der Waals surface area contributed by atoms with Crippen molar-refractivity contribution in [3.05, 3.63) is 29.3 Å². The summed E-state index contributed by atoms with van der Waals surface area (Å²) in [5, 5.41) is 10.4. The van der Waals surface area contributed by atoms with Crippen molar-refractivity contribution in [1.82, 2.24) is 0 Å². The fraction of sp³-hybridized carbons (Fsp3) is 0.625. The molecule has 1 aliphatic carbocycles. The van der Waals surface area contributed by atoms with Gasteiger partial charge in [0.15, 0.2) is 0 Å². The van der Waals surface area contributed by atoms with Crippen LogP contribution in [0.2, 0.25) is 0 Å². The SMILES string of the molecule is Cc1ccc2c(c1)C(O)CC1(CCC(C)CC1)O2. The monoisotopic (exact) mass is 246 g/mol. The third kappa shape index (κ3) is 2.03. The van der Waals surface area contributed by atoms with E-state index in [1.165, 1.54) is 18.4 Å². The highest BCUT2D eigenvalue weighted by molar-refractivity contribution is 5.41. The number of aliphatic hydroxyl groups is 1. The first-order chi connectivity index (χ1) is 8.58. The Labute approximate surface area is 109 Å². The molecule has 0 saturated heterocycles. The predicted molar refractivity (Wildman–Crippen MR) is 71.7 cm³/mol. The summed E-state index contributed by atoms with van der Waals surface area (Å²) in [6, 6.07) is 6.14. The third-order valence-electron chi connectivity index (χ3n) is 4.60. The number of benzene rings is 1. The minimum atomic E-state index is -0.359. The Morgan fingerprint density at radius 3 is 2.72 bits per heavy atom. The van der Waals surface area contributed by atoms with Gasteiger partial charge >= 0.3 is 0 Å². The van der Waals surface area contributed by atoms with Crippen molar-refractivity contribution in [2.24, 2.45) is 5.92 Å². The van der Waals surface area contributed by atoms with E-state index >= 15 is 0 Å². The Kier molecular flexibility index (Phi) is 2.86. The van der Waals surface area contributed by atoms with E-state index in [-0.39, 0.29) is 11.7 Å². The third-order valence-corrected chi connectivity index (χ3v) is 4.60. The zero-order valence-corrected chi connectivity index (χ0v) is 11.3. The van der Waals surface area contributed by atoms with Gasteiger partial charge in [-0.25, -0.2) is 0 Å². The van der Waals surface area contributed by atoms with E-state index in [0.717, 1.165) is 36.5 Å². The molecule has 1 saturated carbocycles. The molecule has 0 aromatic heterocycles. The number of fused-ring (bicyclic) bond motifs is 1. The van der Waals surface area contributed by atoms with Crippen LogP contribution >= 0.6 is 0 Å². The first kappa shape index (κ1) is 12.0. The van der Waals surface area contributed by atoms with Crippen molar-refractivity contribution in [2.45, 2.75) is 57.7 Å². The molecule has 2 aliphatic rings. The molecule has 18 heavy (non-hydrogen) atoms. The average molecular weight is 246 g/mol. The smallest absolute Gasteiger partial charge is 0.125 e. The fourth-order valence-corrected chi connectivity index (χ4v) is 3.35. The number of rotatable bonds is 0. The van der Waals surface area contributed by atoms with E-state index in [2.05, 4.69) is 26.0 Å². The van der Waals surface area contributed by atoms with E-state index in [1.54, 1.807) is 0 Å². The highest BCUT2D eigenvalue weighted by Gasteiger charge is 2.42. The molecule has 1 unspecified atom stereocenters. The lowest BCUT2D eigenvalue weighted by Gasteiger charge is -2.44. The Morgan fingerprint density at radius 1 is 1.28 bits per heavy atom. The second-order valence-corrected chi connectivity index (χ2v) is 6.23. The van der Waals surface area contributed by atoms with Gasteiger partial charge in [-0.1, -0.05) is 18.6 Å². The molecule has 3 rings (SSSR count). The topological polar surface area (TPSA) is 29.5 Å². The van der Waals surface area contributed by atoms with Crippen molar-refractivity contribution in [2.75, 3.05) is 0 Å². The van der Waals surface area contributed by atoms with Crippen LogP contribution in [0.3, 0.4) is 0 Å². The normalized spacial score (nSPS) is 35.1. The van der Waals surface area contributed by atoms with Crippen molar-refractivity contribution >= 4 is 0 Å². The number of hydrogen-bond donors (Lipinski definition) is 1. The lowest BCUT2D eigenvalue weighted by atomic mass is 9.74. The summed E-state index contributed by atoms with van der Waals surface area (Å²) in [6.45, 7) is 4.36. The molecule has 0 bridgehead atoms. The van der Waals surface area contributed by atoms with Gasteiger partial charge in [-0.2, -0.15) is 0 Å². The van der Waals surface area contributed by atoms with Crippen LogP contribution in [0.4, 0.5) is 0 Å². The molecule has 1 aromatic rings. The van der Waals surface area contributed by atoms with Gasteiger partial charge in [0, 0.05) is 12.0 Å². The van der Waals surface area contributed by atoms with E-state index < -0.39 is 0 Å². The molecule has 1 aliphatic heterocycles. The van der Waals surface area contributed by atoms with Crippen LogP contribution in [0.15, 0.2) is 18.2 Å². The van der Waals surface area contributed by atoms with E-state index in [0.29, 0.717) is 0 Å². The molecule has 0 amide bonds. The highest BCUT2D eigenvalue weighted by Crippen LogP contribution is 2.47. The maximum atomic E-state index is 10.4. The van der Waals surface area contributed by atoms with Crippen molar-refractivity contribution in [1.29, 1.82) is 0 Å². The van der Waals surface area contributed by atoms with Crippen molar-refractivity contribution in [3.63, 3.8) is 0 Å². The maximum absolute atomic E-state index is 10.4.